The fourth-order valence-electron chi connectivity index (χ4n) is 1.93. The number of Topliss-reactive ketones (excluding diaryl/α,β-unsaturated/α-hetero) is 1. The Labute approximate surface area is 110 Å². The fourth-order valence-corrected chi connectivity index (χ4v) is 1.93. The van der Waals surface area contributed by atoms with Crippen LogP contribution in [-0.4, -0.2) is 11.7 Å². The van der Waals surface area contributed by atoms with Crippen molar-refractivity contribution in [1.29, 1.82) is 0 Å². The Kier molecular flexibility index (Phi) is 3.74. The van der Waals surface area contributed by atoms with E-state index in [9.17, 15) is 13.6 Å². The van der Waals surface area contributed by atoms with E-state index in [0.717, 1.165) is 0 Å². The number of halogens is 2. The Morgan fingerprint density at radius 3 is 1.95 bits per heavy atom. The van der Waals surface area contributed by atoms with E-state index >= 15 is 0 Å². The predicted molar refractivity (Wildman–Crippen MR) is 70.6 cm³/mol. The summed E-state index contributed by atoms with van der Waals surface area (Å²) in [5, 5.41) is 0. The third-order valence-electron chi connectivity index (χ3n) is 3.18. The van der Waals surface area contributed by atoms with Crippen molar-refractivity contribution in [3.63, 3.8) is 0 Å². The Bertz CT molecular complexity index is 549. The second-order valence-electron chi connectivity index (χ2n) is 4.45. The van der Waals surface area contributed by atoms with Gasteiger partial charge >= 0.3 is 5.92 Å². The summed E-state index contributed by atoms with van der Waals surface area (Å²) in [7, 11) is 0. The maximum atomic E-state index is 14.2. The summed E-state index contributed by atoms with van der Waals surface area (Å²) in [6, 6.07) is 16.0. The lowest BCUT2D eigenvalue weighted by molar-refractivity contribution is -0.00460. The standard InChI is InChI=1S/C16H14F2O/c1-12(13-8-4-2-5-9-13)16(17,18)15(19)14-10-6-3-7-11-14/h2-12H,1H3. The Morgan fingerprint density at radius 2 is 1.42 bits per heavy atom. The number of rotatable bonds is 4. The SMILES string of the molecule is CC(c1ccccc1)C(F)(F)C(=O)c1ccccc1. The molecule has 3 heteroatoms. The van der Waals surface area contributed by atoms with Crippen LogP contribution in [0.3, 0.4) is 0 Å². The summed E-state index contributed by atoms with van der Waals surface area (Å²) in [4.78, 5) is 11.9. The molecule has 0 aromatic heterocycles. The fraction of sp³-hybridized carbons (Fsp3) is 0.188. The molecule has 19 heavy (non-hydrogen) atoms. The van der Waals surface area contributed by atoms with Crippen LogP contribution in [0.5, 0.6) is 0 Å². The highest BCUT2D eigenvalue weighted by Gasteiger charge is 2.45. The Morgan fingerprint density at radius 1 is 0.947 bits per heavy atom. The van der Waals surface area contributed by atoms with Gasteiger partial charge in [0.2, 0.25) is 5.78 Å². The summed E-state index contributed by atoms with van der Waals surface area (Å²) in [5.74, 6) is -5.70. The predicted octanol–water partition coefficient (Wildman–Crippen LogP) is 4.31. The molecule has 0 spiro atoms. The highest BCUT2D eigenvalue weighted by atomic mass is 19.3. The van der Waals surface area contributed by atoms with Crippen molar-refractivity contribution < 1.29 is 13.6 Å². The zero-order chi connectivity index (χ0) is 13.9. The van der Waals surface area contributed by atoms with E-state index in [1.54, 1.807) is 48.5 Å². The van der Waals surface area contributed by atoms with Crippen LogP contribution in [0.15, 0.2) is 60.7 Å². The van der Waals surface area contributed by atoms with Gasteiger partial charge in [0.15, 0.2) is 0 Å². The molecule has 0 amide bonds. The molecule has 0 saturated carbocycles. The highest BCUT2D eigenvalue weighted by molar-refractivity contribution is 6.01. The van der Waals surface area contributed by atoms with Gasteiger partial charge in [0, 0.05) is 5.56 Å². The molecule has 2 aromatic carbocycles. The number of hydrogen-bond acceptors (Lipinski definition) is 1. The first kappa shape index (κ1) is 13.4. The lowest BCUT2D eigenvalue weighted by atomic mass is 9.89. The van der Waals surface area contributed by atoms with Crippen LogP contribution in [0.1, 0.15) is 28.8 Å². The average Bonchev–Trinajstić information content (AvgIpc) is 2.47. The summed E-state index contributed by atoms with van der Waals surface area (Å²) in [6.45, 7) is 1.37. The number of carbonyl (C=O) groups excluding carboxylic acids is 1. The van der Waals surface area contributed by atoms with Crippen LogP contribution in [0.2, 0.25) is 0 Å². The van der Waals surface area contributed by atoms with Gasteiger partial charge in [-0.2, -0.15) is 8.78 Å². The topological polar surface area (TPSA) is 17.1 Å². The van der Waals surface area contributed by atoms with E-state index in [-0.39, 0.29) is 5.56 Å². The molecule has 1 unspecified atom stereocenters. The van der Waals surface area contributed by atoms with Gasteiger partial charge in [-0.25, -0.2) is 0 Å². The molecule has 0 N–H and O–H groups in total. The molecule has 0 radical (unpaired) electrons. The van der Waals surface area contributed by atoms with Crippen molar-refractivity contribution in [2.45, 2.75) is 18.8 Å². The first-order valence-corrected chi connectivity index (χ1v) is 6.06. The zero-order valence-electron chi connectivity index (χ0n) is 10.5. The first-order chi connectivity index (χ1) is 9.03. The normalized spacial score (nSPS) is 13.0. The minimum Gasteiger partial charge on any atom is -0.287 e. The van der Waals surface area contributed by atoms with E-state index in [1.807, 2.05) is 0 Å². The Hall–Kier alpha value is -2.03. The van der Waals surface area contributed by atoms with Crippen LogP contribution in [0.4, 0.5) is 8.78 Å². The van der Waals surface area contributed by atoms with Crippen LogP contribution < -0.4 is 0 Å². The number of ketones is 1. The van der Waals surface area contributed by atoms with Crippen molar-refractivity contribution >= 4 is 5.78 Å². The quantitative estimate of drug-likeness (QED) is 0.749. The number of hydrogen-bond donors (Lipinski definition) is 0. The lowest BCUT2D eigenvalue weighted by Crippen LogP contribution is -2.34. The third-order valence-corrected chi connectivity index (χ3v) is 3.18. The molecule has 0 saturated heterocycles. The summed E-state index contributed by atoms with van der Waals surface area (Å²) < 4.78 is 28.5. The van der Waals surface area contributed by atoms with E-state index in [0.29, 0.717) is 5.56 Å². The monoisotopic (exact) mass is 260 g/mol. The highest BCUT2D eigenvalue weighted by Crippen LogP contribution is 2.35. The van der Waals surface area contributed by atoms with Crippen molar-refractivity contribution in [3.05, 3.63) is 71.8 Å². The van der Waals surface area contributed by atoms with Crippen LogP contribution in [-0.2, 0) is 0 Å². The molecule has 0 aliphatic carbocycles. The van der Waals surface area contributed by atoms with Crippen molar-refractivity contribution in [2.75, 3.05) is 0 Å². The molecule has 1 nitrogen and oxygen atoms in total. The van der Waals surface area contributed by atoms with Gasteiger partial charge in [0.1, 0.15) is 0 Å². The maximum Gasteiger partial charge on any atom is 0.316 e. The van der Waals surface area contributed by atoms with Gasteiger partial charge in [0.05, 0.1) is 5.92 Å². The largest absolute Gasteiger partial charge is 0.316 e. The van der Waals surface area contributed by atoms with Crippen molar-refractivity contribution in [1.82, 2.24) is 0 Å². The first-order valence-electron chi connectivity index (χ1n) is 6.06. The van der Waals surface area contributed by atoms with E-state index in [2.05, 4.69) is 0 Å². The van der Waals surface area contributed by atoms with Crippen LogP contribution in [0.25, 0.3) is 0 Å². The maximum absolute atomic E-state index is 14.2. The molecule has 0 heterocycles. The van der Waals surface area contributed by atoms with Crippen LogP contribution in [0, 0.1) is 0 Å². The van der Waals surface area contributed by atoms with Gasteiger partial charge in [-0.3, -0.25) is 4.79 Å². The lowest BCUT2D eigenvalue weighted by Gasteiger charge is -2.22. The smallest absolute Gasteiger partial charge is 0.287 e. The molecule has 0 aliphatic heterocycles. The molecule has 2 rings (SSSR count). The van der Waals surface area contributed by atoms with E-state index in [4.69, 9.17) is 0 Å². The number of benzene rings is 2. The minimum atomic E-state index is -3.41. The van der Waals surface area contributed by atoms with Crippen molar-refractivity contribution in [3.8, 4) is 0 Å². The summed E-state index contributed by atoms with van der Waals surface area (Å²) in [6.07, 6.45) is 0. The molecule has 98 valence electrons. The Balaban J connectivity index is 2.30. The minimum absolute atomic E-state index is 0.0373. The molecule has 0 fully saturated rings. The third kappa shape index (κ3) is 2.70. The molecular weight excluding hydrogens is 246 g/mol. The molecule has 0 bridgehead atoms. The molecule has 0 aliphatic rings. The number of alkyl halides is 2. The zero-order valence-corrected chi connectivity index (χ0v) is 10.5. The molecular formula is C16H14F2O. The molecule has 2 aromatic rings. The van der Waals surface area contributed by atoms with E-state index < -0.39 is 17.6 Å². The van der Waals surface area contributed by atoms with Gasteiger partial charge in [0.25, 0.3) is 0 Å². The van der Waals surface area contributed by atoms with Crippen LogP contribution >= 0.6 is 0 Å². The molecule has 1 atom stereocenters. The second-order valence-corrected chi connectivity index (χ2v) is 4.45. The van der Waals surface area contributed by atoms with Gasteiger partial charge in [-0.15, -0.1) is 0 Å². The van der Waals surface area contributed by atoms with E-state index in [1.165, 1.54) is 19.1 Å². The van der Waals surface area contributed by atoms with Gasteiger partial charge in [-0.05, 0) is 5.56 Å². The van der Waals surface area contributed by atoms with Crippen molar-refractivity contribution in [2.24, 2.45) is 0 Å². The average molecular weight is 260 g/mol. The number of carbonyl (C=O) groups is 1. The summed E-state index contributed by atoms with van der Waals surface area (Å²) in [5.41, 5.74) is 0.493. The second kappa shape index (κ2) is 5.31. The summed E-state index contributed by atoms with van der Waals surface area (Å²) >= 11 is 0. The van der Waals surface area contributed by atoms with Gasteiger partial charge < -0.3 is 0 Å². The van der Waals surface area contributed by atoms with Gasteiger partial charge in [-0.1, -0.05) is 67.6 Å².